The lowest BCUT2D eigenvalue weighted by Gasteiger charge is -2.05. The lowest BCUT2D eigenvalue weighted by atomic mass is 10.1. The van der Waals surface area contributed by atoms with Gasteiger partial charge in [-0.05, 0) is 41.9 Å². The molecule has 0 saturated carbocycles. The first-order valence-corrected chi connectivity index (χ1v) is 11.2. The summed E-state index contributed by atoms with van der Waals surface area (Å²) in [5.74, 6) is 0.548. The van der Waals surface area contributed by atoms with Crippen LogP contribution in [0, 0.1) is 0 Å². The van der Waals surface area contributed by atoms with Crippen LogP contribution >= 0.6 is 0 Å². The summed E-state index contributed by atoms with van der Waals surface area (Å²) in [6.45, 7) is 2.60. The van der Waals surface area contributed by atoms with E-state index in [4.69, 9.17) is 30.1 Å². The van der Waals surface area contributed by atoms with Crippen molar-refractivity contribution in [3.05, 3.63) is 65.1 Å². The normalized spacial score (nSPS) is 12.2. The van der Waals surface area contributed by atoms with Gasteiger partial charge in [-0.1, -0.05) is 24.3 Å². The number of ether oxygens (including phenoxy) is 2. The Morgan fingerprint density at radius 3 is 2.54 bits per heavy atom. The molecule has 35 heavy (non-hydrogen) atoms. The Kier molecular flexibility index (Phi) is 5.84. The summed E-state index contributed by atoms with van der Waals surface area (Å²) in [5.41, 5.74) is 9.10. The Labute approximate surface area is 199 Å². The van der Waals surface area contributed by atoms with Gasteiger partial charge in [-0.2, -0.15) is 0 Å². The highest BCUT2D eigenvalue weighted by atomic mass is 16.7. The predicted octanol–water partition coefficient (Wildman–Crippen LogP) is 3.87. The van der Waals surface area contributed by atoms with E-state index in [9.17, 15) is 4.79 Å². The van der Waals surface area contributed by atoms with Crippen molar-refractivity contribution in [3.63, 3.8) is 0 Å². The van der Waals surface area contributed by atoms with Crippen LogP contribution in [0.15, 0.2) is 59.5 Å². The Morgan fingerprint density at radius 1 is 1.14 bits per heavy atom. The summed E-state index contributed by atoms with van der Waals surface area (Å²) in [7, 11) is 0. The third-order valence-electron chi connectivity index (χ3n) is 5.79. The number of nitrogens with zero attached hydrogens (tertiary/aromatic N) is 2. The number of carbonyl (C=O) groups is 1. The third-order valence-corrected chi connectivity index (χ3v) is 5.79. The molecule has 178 valence electrons. The molecule has 0 saturated heterocycles. The standard InChI is InChI=1S/C24H20N4O3.C2H4O2/c25-6-3-7-28-12-17(16-10-21-22(11-20(16)28)31-13-30-21)23-24(29)27-19-9-15-5-2-1-4-14(15)8-18(19)26-23;1-2(3)4/h1-2,4-5,8-12H,3,6-7,13,25H2,(H,27,29);1H3,(H,3,4). The van der Waals surface area contributed by atoms with Crippen molar-refractivity contribution >= 4 is 38.7 Å². The summed E-state index contributed by atoms with van der Waals surface area (Å²) < 4.78 is 13.2. The lowest BCUT2D eigenvalue weighted by molar-refractivity contribution is -0.134. The molecule has 1 aliphatic rings. The molecule has 0 radical (unpaired) electrons. The number of aliphatic carboxylic acids is 1. The zero-order chi connectivity index (χ0) is 24.5. The van der Waals surface area contributed by atoms with E-state index in [1.807, 2.05) is 54.7 Å². The van der Waals surface area contributed by atoms with E-state index >= 15 is 0 Å². The maximum absolute atomic E-state index is 13.1. The van der Waals surface area contributed by atoms with Crippen molar-refractivity contribution in [2.45, 2.75) is 19.9 Å². The van der Waals surface area contributed by atoms with E-state index in [1.165, 1.54) is 0 Å². The van der Waals surface area contributed by atoms with Crippen LogP contribution in [0.25, 0.3) is 44.0 Å². The zero-order valence-electron chi connectivity index (χ0n) is 19.1. The molecular formula is C26H24N4O5. The van der Waals surface area contributed by atoms with E-state index in [0.29, 0.717) is 23.7 Å². The monoisotopic (exact) mass is 472 g/mol. The molecule has 0 atom stereocenters. The van der Waals surface area contributed by atoms with Gasteiger partial charge in [0.1, 0.15) is 5.69 Å². The second kappa shape index (κ2) is 9.11. The SMILES string of the molecule is CC(=O)O.NCCCn1cc(-c2nc3cc4ccccc4cc3[nH]c2=O)c2cc3c(cc21)OCO3. The number of carboxylic acids is 1. The highest BCUT2D eigenvalue weighted by Crippen LogP contribution is 2.40. The first kappa shape index (κ1) is 22.4. The highest BCUT2D eigenvalue weighted by molar-refractivity contribution is 5.99. The largest absolute Gasteiger partial charge is 0.481 e. The Bertz CT molecular complexity index is 1630. The molecule has 3 heterocycles. The first-order valence-electron chi connectivity index (χ1n) is 11.2. The van der Waals surface area contributed by atoms with Gasteiger partial charge >= 0.3 is 0 Å². The van der Waals surface area contributed by atoms with Crippen LogP contribution in [0.3, 0.4) is 0 Å². The number of benzene rings is 3. The number of nitrogens with one attached hydrogen (secondary N) is 1. The maximum atomic E-state index is 13.1. The summed E-state index contributed by atoms with van der Waals surface area (Å²) in [6, 6.07) is 15.9. The molecule has 9 heteroatoms. The highest BCUT2D eigenvalue weighted by Gasteiger charge is 2.21. The van der Waals surface area contributed by atoms with Crippen molar-refractivity contribution < 1.29 is 19.4 Å². The van der Waals surface area contributed by atoms with Crippen molar-refractivity contribution in [2.24, 2.45) is 5.73 Å². The summed E-state index contributed by atoms with van der Waals surface area (Å²) in [6.07, 6.45) is 2.80. The molecule has 5 aromatic rings. The average molecular weight is 473 g/mol. The van der Waals surface area contributed by atoms with Crippen molar-refractivity contribution in [1.82, 2.24) is 14.5 Å². The van der Waals surface area contributed by atoms with Gasteiger partial charge in [-0.3, -0.25) is 9.59 Å². The minimum atomic E-state index is -0.833. The second-order valence-electron chi connectivity index (χ2n) is 8.25. The Balaban J connectivity index is 0.000000591. The van der Waals surface area contributed by atoms with Crippen molar-refractivity contribution in [2.75, 3.05) is 13.3 Å². The molecule has 0 amide bonds. The second-order valence-corrected chi connectivity index (χ2v) is 8.25. The fraction of sp³-hybridized carbons (Fsp3) is 0.192. The molecule has 3 aromatic carbocycles. The number of fused-ring (bicyclic) bond motifs is 4. The zero-order valence-corrected chi connectivity index (χ0v) is 19.1. The molecule has 4 N–H and O–H groups in total. The Morgan fingerprint density at radius 2 is 1.83 bits per heavy atom. The number of carboxylic acid groups (broad SMARTS) is 1. The first-order chi connectivity index (χ1) is 16.9. The number of aromatic nitrogens is 3. The molecule has 0 unspecified atom stereocenters. The topological polar surface area (TPSA) is 132 Å². The van der Waals surface area contributed by atoms with Gasteiger partial charge in [0.15, 0.2) is 11.5 Å². The molecular weight excluding hydrogens is 448 g/mol. The van der Waals surface area contributed by atoms with E-state index in [-0.39, 0.29) is 12.4 Å². The number of H-pyrrole nitrogens is 1. The van der Waals surface area contributed by atoms with Crippen molar-refractivity contribution in [1.29, 1.82) is 0 Å². The van der Waals surface area contributed by atoms with E-state index in [1.54, 1.807) is 0 Å². The van der Waals surface area contributed by atoms with Gasteiger partial charge in [-0.15, -0.1) is 0 Å². The number of nitrogens with two attached hydrogens (primary N) is 1. The van der Waals surface area contributed by atoms with Crippen LogP contribution in [-0.4, -0.2) is 38.9 Å². The predicted molar refractivity (Wildman–Crippen MR) is 134 cm³/mol. The van der Waals surface area contributed by atoms with Gasteiger partial charge < -0.3 is 29.9 Å². The minimum absolute atomic E-state index is 0.196. The van der Waals surface area contributed by atoms with E-state index in [0.717, 1.165) is 58.2 Å². The van der Waals surface area contributed by atoms with Gasteiger partial charge in [0.25, 0.3) is 11.5 Å². The van der Waals surface area contributed by atoms with Crippen LogP contribution in [0.1, 0.15) is 13.3 Å². The fourth-order valence-electron chi connectivity index (χ4n) is 4.27. The number of hydrogen-bond donors (Lipinski definition) is 3. The van der Waals surface area contributed by atoms with Crippen LogP contribution in [-0.2, 0) is 11.3 Å². The van der Waals surface area contributed by atoms with E-state index in [2.05, 4.69) is 9.55 Å². The lowest BCUT2D eigenvalue weighted by Crippen LogP contribution is -2.11. The van der Waals surface area contributed by atoms with Gasteiger partial charge in [0, 0.05) is 36.7 Å². The molecule has 0 bridgehead atoms. The number of aryl methyl sites for hydroxylation is 1. The maximum Gasteiger partial charge on any atom is 0.300 e. The summed E-state index contributed by atoms with van der Waals surface area (Å²) in [4.78, 5) is 29.9. The van der Waals surface area contributed by atoms with Crippen LogP contribution in [0.4, 0.5) is 0 Å². The number of hydrogen-bond acceptors (Lipinski definition) is 6. The molecule has 6 rings (SSSR count). The van der Waals surface area contributed by atoms with E-state index < -0.39 is 5.97 Å². The van der Waals surface area contributed by atoms with Crippen LogP contribution in [0.2, 0.25) is 0 Å². The third kappa shape index (κ3) is 4.29. The van der Waals surface area contributed by atoms with Crippen molar-refractivity contribution in [3.8, 4) is 22.8 Å². The number of rotatable bonds is 4. The van der Waals surface area contributed by atoms with Gasteiger partial charge in [0.2, 0.25) is 6.79 Å². The molecule has 2 aromatic heterocycles. The van der Waals surface area contributed by atoms with Gasteiger partial charge in [0.05, 0.1) is 16.6 Å². The summed E-state index contributed by atoms with van der Waals surface area (Å²) in [5, 5.41) is 10.5. The molecule has 0 fully saturated rings. The number of aromatic amines is 1. The molecule has 0 aliphatic carbocycles. The molecule has 1 aliphatic heterocycles. The fourth-order valence-corrected chi connectivity index (χ4v) is 4.27. The average Bonchev–Trinajstić information content (AvgIpc) is 3.43. The molecule has 0 spiro atoms. The van der Waals surface area contributed by atoms with Crippen LogP contribution < -0.4 is 20.8 Å². The van der Waals surface area contributed by atoms with Crippen LogP contribution in [0.5, 0.6) is 11.5 Å². The Hall–Kier alpha value is -4.37. The smallest absolute Gasteiger partial charge is 0.300 e. The minimum Gasteiger partial charge on any atom is -0.481 e. The summed E-state index contributed by atoms with van der Waals surface area (Å²) >= 11 is 0. The quantitative estimate of drug-likeness (QED) is 0.338. The molecule has 9 nitrogen and oxygen atoms in total. The van der Waals surface area contributed by atoms with Gasteiger partial charge in [-0.25, -0.2) is 4.98 Å².